The number of hydrogen-bond donors (Lipinski definition) is 1. The van der Waals surface area contributed by atoms with Crippen molar-refractivity contribution in [2.45, 2.75) is 52.4 Å². The molecule has 2 aromatic rings. The van der Waals surface area contributed by atoms with Crippen LogP contribution >= 0.6 is 0 Å². The normalized spacial score (nSPS) is 11.3. The molecule has 0 spiro atoms. The summed E-state index contributed by atoms with van der Waals surface area (Å²) in [6, 6.07) is 0.504. The fourth-order valence-electron chi connectivity index (χ4n) is 2.00. The van der Waals surface area contributed by atoms with Gasteiger partial charge in [-0.15, -0.1) is 0 Å². The Morgan fingerprint density at radius 3 is 2.74 bits per heavy atom. The molecule has 0 saturated heterocycles. The second-order valence-electron chi connectivity index (χ2n) is 5.12. The van der Waals surface area contributed by atoms with E-state index in [0.29, 0.717) is 6.04 Å². The van der Waals surface area contributed by atoms with Gasteiger partial charge in [-0.25, -0.2) is 9.97 Å². The average Bonchev–Trinajstić information content (AvgIpc) is 3.03. The smallest absolute Gasteiger partial charge is 0.0948 e. The molecule has 0 atom stereocenters. The lowest BCUT2D eigenvalue weighted by Crippen LogP contribution is -2.23. The molecule has 0 aliphatic heterocycles. The van der Waals surface area contributed by atoms with E-state index in [9.17, 15) is 0 Å². The van der Waals surface area contributed by atoms with Crippen LogP contribution in [-0.4, -0.2) is 25.1 Å². The number of nitrogens with one attached hydrogen (secondary N) is 1. The van der Waals surface area contributed by atoms with E-state index in [4.69, 9.17) is 0 Å². The molecule has 0 radical (unpaired) electrons. The van der Waals surface area contributed by atoms with Crippen molar-refractivity contribution in [2.24, 2.45) is 0 Å². The first-order chi connectivity index (χ1) is 9.25. The van der Waals surface area contributed by atoms with Crippen LogP contribution in [0.1, 0.15) is 32.4 Å². The molecule has 5 nitrogen and oxygen atoms in total. The van der Waals surface area contributed by atoms with Gasteiger partial charge in [0.25, 0.3) is 0 Å². The molecule has 5 heteroatoms. The quantitative estimate of drug-likeness (QED) is 0.740. The molecule has 0 bridgehead atoms. The van der Waals surface area contributed by atoms with Crippen molar-refractivity contribution < 1.29 is 0 Å². The van der Waals surface area contributed by atoms with Crippen molar-refractivity contribution in [3.05, 3.63) is 36.9 Å². The highest BCUT2D eigenvalue weighted by Crippen LogP contribution is 2.04. The number of imidazole rings is 2. The van der Waals surface area contributed by atoms with Gasteiger partial charge in [-0.2, -0.15) is 0 Å². The van der Waals surface area contributed by atoms with E-state index in [0.717, 1.165) is 32.5 Å². The van der Waals surface area contributed by atoms with Gasteiger partial charge in [0.15, 0.2) is 0 Å². The number of nitrogens with zero attached hydrogens (tertiary/aromatic N) is 4. The first-order valence-corrected chi connectivity index (χ1v) is 6.94. The Labute approximate surface area is 114 Å². The molecule has 2 aromatic heterocycles. The van der Waals surface area contributed by atoms with Crippen LogP contribution in [0.5, 0.6) is 0 Å². The Balaban J connectivity index is 1.72. The molecule has 0 amide bonds. The fourth-order valence-corrected chi connectivity index (χ4v) is 2.00. The molecule has 0 aliphatic rings. The second kappa shape index (κ2) is 7.09. The van der Waals surface area contributed by atoms with Crippen LogP contribution in [0.3, 0.4) is 0 Å². The predicted molar refractivity (Wildman–Crippen MR) is 75.7 cm³/mol. The average molecular weight is 261 g/mol. The Kier molecular flexibility index (Phi) is 5.15. The maximum Gasteiger partial charge on any atom is 0.0948 e. The Hall–Kier alpha value is -1.62. The van der Waals surface area contributed by atoms with Crippen LogP contribution < -0.4 is 5.32 Å². The minimum Gasteiger partial charge on any atom is -0.337 e. The van der Waals surface area contributed by atoms with Crippen LogP contribution in [0.25, 0.3) is 0 Å². The molecule has 0 aromatic carbocycles. The van der Waals surface area contributed by atoms with Gasteiger partial charge in [0.05, 0.1) is 18.3 Å². The van der Waals surface area contributed by atoms with Gasteiger partial charge in [0.2, 0.25) is 0 Å². The highest BCUT2D eigenvalue weighted by Gasteiger charge is 2.02. The summed E-state index contributed by atoms with van der Waals surface area (Å²) in [7, 11) is 0. The SMILES string of the molecule is CC(C)NCc1cncn1CCCCn1ccnc1. The fraction of sp³-hybridized carbons (Fsp3) is 0.571. The molecule has 2 rings (SSSR count). The summed E-state index contributed by atoms with van der Waals surface area (Å²) in [6.07, 6.45) is 11.9. The van der Waals surface area contributed by atoms with Gasteiger partial charge in [0.1, 0.15) is 0 Å². The van der Waals surface area contributed by atoms with Crippen LogP contribution in [0.2, 0.25) is 0 Å². The van der Waals surface area contributed by atoms with Crippen molar-refractivity contribution in [3.8, 4) is 0 Å². The molecule has 1 N–H and O–H groups in total. The van der Waals surface area contributed by atoms with Crippen molar-refractivity contribution in [1.29, 1.82) is 0 Å². The summed E-state index contributed by atoms with van der Waals surface area (Å²) >= 11 is 0. The van der Waals surface area contributed by atoms with E-state index in [-0.39, 0.29) is 0 Å². The lowest BCUT2D eigenvalue weighted by Gasteiger charge is -2.11. The lowest BCUT2D eigenvalue weighted by atomic mass is 10.3. The van der Waals surface area contributed by atoms with Gasteiger partial charge in [-0.3, -0.25) is 0 Å². The first kappa shape index (κ1) is 13.8. The van der Waals surface area contributed by atoms with Gasteiger partial charge in [-0.05, 0) is 12.8 Å². The van der Waals surface area contributed by atoms with Crippen molar-refractivity contribution >= 4 is 0 Å². The summed E-state index contributed by atoms with van der Waals surface area (Å²) in [5.74, 6) is 0. The zero-order valence-electron chi connectivity index (χ0n) is 11.8. The molecule has 0 aliphatic carbocycles. The first-order valence-electron chi connectivity index (χ1n) is 6.94. The highest BCUT2D eigenvalue weighted by molar-refractivity contribution is 4.98. The van der Waals surface area contributed by atoms with Gasteiger partial charge < -0.3 is 14.5 Å². The van der Waals surface area contributed by atoms with E-state index in [1.807, 2.05) is 31.2 Å². The van der Waals surface area contributed by atoms with Crippen molar-refractivity contribution in [1.82, 2.24) is 24.4 Å². The molecular weight excluding hydrogens is 238 g/mol. The lowest BCUT2D eigenvalue weighted by molar-refractivity contribution is 0.520. The maximum absolute atomic E-state index is 4.24. The summed E-state index contributed by atoms with van der Waals surface area (Å²) < 4.78 is 4.36. The summed E-state index contributed by atoms with van der Waals surface area (Å²) in [5, 5.41) is 3.43. The Morgan fingerprint density at radius 2 is 2.00 bits per heavy atom. The number of rotatable bonds is 8. The third-order valence-electron chi connectivity index (χ3n) is 3.11. The maximum atomic E-state index is 4.24. The van der Waals surface area contributed by atoms with Gasteiger partial charge in [-0.1, -0.05) is 13.8 Å². The number of aromatic nitrogens is 4. The number of unbranched alkanes of at least 4 members (excludes halogenated alkanes) is 1. The van der Waals surface area contributed by atoms with Crippen LogP contribution in [0, 0.1) is 0 Å². The molecule has 0 unspecified atom stereocenters. The zero-order valence-corrected chi connectivity index (χ0v) is 11.8. The van der Waals surface area contributed by atoms with E-state index in [1.54, 1.807) is 0 Å². The summed E-state index contributed by atoms with van der Waals surface area (Å²) in [6.45, 7) is 7.27. The summed E-state index contributed by atoms with van der Waals surface area (Å²) in [5.41, 5.74) is 1.26. The van der Waals surface area contributed by atoms with E-state index in [1.165, 1.54) is 5.69 Å². The number of aryl methyl sites for hydroxylation is 2. The van der Waals surface area contributed by atoms with E-state index in [2.05, 4.69) is 38.3 Å². The molecule has 0 saturated carbocycles. The topological polar surface area (TPSA) is 47.7 Å². The largest absolute Gasteiger partial charge is 0.337 e. The van der Waals surface area contributed by atoms with Crippen LogP contribution in [0.4, 0.5) is 0 Å². The van der Waals surface area contributed by atoms with E-state index < -0.39 is 0 Å². The summed E-state index contributed by atoms with van der Waals surface area (Å²) in [4.78, 5) is 8.28. The molecule has 104 valence electrons. The molecule has 0 fully saturated rings. The Bertz CT molecular complexity index is 458. The van der Waals surface area contributed by atoms with Crippen LogP contribution in [-0.2, 0) is 19.6 Å². The second-order valence-corrected chi connectivity index (χ2v) is 5.12. The van der Waals surface area contributed by atoms with Crippen molar-refractivity contribution in [3.63, 3.8) is 0 Å². The molecule has 19 heavy (non-hydrogen) atoms. The Morgan fingerprint density at radius 1 is 1.16 bits per heavy atom. The van der Waals surface area contributed by atoms with Gasteiger partial charge in [0, 0.05) is 44.3 Å². The molecular formula is C14H23N5. The van der Waals surface area contributed by atoms with Crippen LogP contribution in [0.15, 0.2) is 31.2 Å². The predicted octanol–water partition coefficient (Wildman–Crippen LogP) is 2.06. The van der Waals surface area contributed by atoms with E-state index >= 15 is 0 Å². The van der Waals surface area contributed by atoms with Gasteiger partial charge >= 0.3 is 0 Å². The standard InChI is InChI=1S/C14H23N5/c1-13(2)17-10-14-9-16-12-19(14)7-4-3-6-18-8-5-15-11-18/h5,8-9,11-13,17H,3-4,6-7,10H2,1-2H3. The minimum absolute atomic E-state index is 0.504. The molecule has 2 heterocycles. The zero-order chi connectivity index (χ0) is 13.5. The third-order valence-corrected chi connectivity index (χ3v) is 3.11. The van der Waals surface area contributed by atoms with Crippen molar-refractivity contribution in [2.75, 3.05) is 0 Å². The monoisotopic (exact) mass is 261 g/mol. The minimum atomic E-state index is 0.504. The highest BCUT2D eigenvalue weighted by atomic mass is 15.1. The number of hydrogen-bond acceptors (Lipinski definition) is 3. The third kappa shape index (κ3) is 4.52.